The Kier molecular flexibility index (Phi) is 1.83. The number of hydrogen-bond donors (Lipinski definition) is 0. The Morgan fingerprint density at radius 2 is 1.68 bits per heavy atom. The summed E-state index contributed by atoms with van der Waals surface area (Å²) in [5.74, 6) is 0.789. The van der Waals surface area contributed by atoms with Crippen molar-refractivity contribution >= 4 is 16.9 Å². The average Bonchev–Trinajstić information content (AvgIpc) is 2.89. The first-order valence-corrected chi connectivity index (χ1v) is 6.30. The van der Waals surface area contributed by atoms with Crippen LogP contribution in [0.5, 0.6) is 0 Å². The maximum absolute atomic E-state index is 12.5. The minimum atomic E-state index is 0.0244. The lowest BCUT2D eigenvalue weighted by atomic mass is 10.1. The molecule has 0 saturated carbocycles. The summed E-state index contributed by atoms with van der Waals surface area (Å²) in [5.41, 5.74) is 5.84. The van der Waals surface area contributed by atoms with Crippen LogP contribution >= 0.6 is 0 Å². The number of hydrogen-bond acceptors (Lipinski definition) is 2. The fourth-order valence-corrected chi connectivity index (χ4v) is 2.70. The van der Waals surface area contributed by atoms with E-state index in [-0.39, 0.29) is 5.91 Å². The van der Waals surface area contributed by atoms with E-state index in [0.29, 0.717) is 0 Å². The maximum Gasteiger partial charge on any atom is 0.264 e. The molecule has 0 atom stereocenters. The highest BCUT2D eigenvalue weighted by molar-refractivity contribution is 6.12. The standard InChI is InChI=1S/C16H12N2O/c1-9-7-13-14(8-10(9)2)18-15(17-13)11-5-3-4-6-12(11)16(18)19/h3-8H,1-2H3. The monoisotopic (exact) mass is 248 g/mol. The molecule has 3 nitrogen and oxygen atoms in total. The van der Waals surface area contributed by atoms with Crippen molar-refractivity contribution in [2.75, 3.05) is 0 Å². The molecule has 3 heteroatoms. The molecule has 0 fully saturated rings. The van der Waals surface area contributed by atoms with Gasteiger partial charge in [0.05, 0.1) is 16.6 Å². The van der Waals surface area contributed by atoms with Gasteiger partial charge in [-0.3, -0.25) is 9.36 Å². The normalized spacial score (nSPS) is 12.8. The Balaban J connectivity index is 2.15. The summed E-state index contributed by atoms with van der Waals surface area (Å²) < 4.78 is 1.73. The Morgan fingerprint density at radius 3 is 2.47 bits per heavy atom. The fraction of sp³-hybridized carbons (Fsp3) is 0.125. The highest BCUT2D eigenvalue weighted by atomic mass is 16.2. The SMILES string of the molecule is Cc1cc2nc3n(c2cc1C)C(=O)c1ccccc1-3. The minimum Gasteiger partial charge on any atom is -0.268 e. The highest BCUT2D eigenvalue weighted by Gasteiger charge is 2.29. The molecule has 0 amide bonds. The molecule has 1 aliphatic rings. The minimum absolute atomic E-state index is 0.0244. The van der Waals surface area contributed by atoms with Crippen LogP contribution in [-0.2, 0) is 0 Å². The second kappa shape index (κ2) is 3.32. The predicted octanol–water partition coefficient (Wildman–Crippen LogP) is 3.32. The molecule has 0 bridgehead atoms. The van der Waals surface area contributed by atoms with E-state index in [1.807, 2.05) is 36.4 Å². The van der Waals surface area contributed by atoms with Gasteiger partial charge in [0.1, 0.15) is 5.82 Å². The van der Waals surface area contributed by atoms with Crippen molar-refractivity contribution < 1.29 is 4.79 Å². The number of aryl methyl sites for hydroxylation is 2. The molecule has 0 N–H and O–H groups in total. The summed E-state index contributed by atoms with van der Waals surface area (Å²) in [6.07, 6.45) is 0. The Hall–Kier alpha value is -2.42. The molecule has 0 aliphatic carbocycles. The molecule has 19 heavy (non-hydrogen) atoms. The molecule has 2 heterocycles. The molecule has 0 saturated heterocycles. The third kappa shape index (κ3) is 1.22. The fourth-order valence-electron chi connectivity index (χ4n) is 2.70. The number of aromatic nitrogens is 2. The lowest BCUT2D eigenvalue weighted by Gasteiger charge is -2.02. The number of nitrogens with zero attached hydrogens (tertiary/aromatic N) is 2. The Morgan fingerprint density at radius 1 is 1.00 bits per heavy atom. The molecule has 92 valence electrons. The van der Waals surface area contributed by atoms with Crippen LogP contribution in [0.3, 0.4) is 0 Å². The maximum atomic E-state index is 12.5. The van der Waals surface area contributed by atoms with Crippen molar-refractivity contribution in [3.8, 4) is 11.4 Å². The summed E-state index contributed by atoms with van der Waals surface area (Å²) in [6, 6.07) is 11.7. The second-order valence-corrected chi connectivity index (χ2v) is 5.05. The summed E-state index contributed by atoms with van der Waals surface area (Å²) in [7, 11) is 0. The van der Waals surface area contributed by atoms with Crippen molar-refractivity contribution in [3.63, 3.8) is 0 Å². The smallest absolute Gasteiger partial charge is 0.264 e. The quantitative estimate of drug-likeness (QED) is 0.478. The number of carbonyl (C=O) groups excluding carboxylic acids is 1. The number of imidazole rings is 1. The molecule has 0 unspecified atom stereocenters. The van der Waals surface area contributed by atoms with Crippen LogP contribution in [0, 0.1) is 13.8 Å². The summed E-state index contributed by atoms with van der Waals surface area (Å²) in [5, 5.41) is 0. The van der Waals surface area contributed by atoms with E-state index in [4.69, 9.17) is 0 Å². The van der Waals surface area contributed by atoms with Gasteiger partial charge in [-0.05, 0) is 43.2 Å². The number of benzene rings is 2. The molecule has 1 aliphatic heterocycles. The van der Waals surface area contributed by atoms with Gasteiger partial charge >= 0.3 is 0 Å². The molecule has 0 spiro atoms. The Labute approximate surface area is 110 Å². The summed E-state index contributed by atoms with van der Waals surface area (Å²) in [4.78, 5) is 17.1. The van der Waals surface area contributed by atoms with Gasteiger partial charge in [0.25, 0.3) is 5.91 Å². The average molecular weight is 248 g/mol. The van der Waals surface area contributed by atoms with E-state index < -0.39 is 0 Å². The predicted molar refractivity (Wildman–Crippen MR) is 74.4 cm³/mol. The molecule has 4 rings (SSSR count). The van der Waals surface area contributed by atoms with E-state index in [2.05, 4.69) is 18.8 Å². The molecule has 1 aromatic heterocycles. The van der Waals surface area contributed by atoms with Crippen molar-refractivity contribution in [2.24, 2.45) is 0 Å². The van der Waals surface area contributed by atoms with Crippen LogP contribution in [0.1, 0.15) is 21.5 Å². The van der Waals surface area contributed by atoms with Crippen LogP contribution in [0.2, 0.25) is 0 Å². The first-order chi connectivity index (χ1) is 9.16. The van der Waals surface area contributed by atoms with Gasteiger partial charge < -0.3 is 0 Å². The van der Waals surface area contributed by atoms with Gasteiger partial charge in [-0.2, -0.15) is 0 Å². The first-order valence-electron chi connectivity index (χ1n) is 6.30. The van der Waals surface area contributed by atoms with Gasteiger partial charge in [-0.1, -0.05) is 18.2 Å². The zero-order valence-electron chi connectivity index (χ0n) is 10.8. The molecule has 3 aromatic rings. The van der Waals surface area contributed by atoms with Crippen LogP contribution in [0.25, 0.3) is 22.4 Å². The Bertz CT molecular complexity index is 859. The van der Waals surface area contributed by atoms with E-state index in [1.165, 1.54) is 11.1 Å². The molecular formula is C16H12N2O. The molecule has 2 aromatic carbocycles. The van der Waals surface area contributed by atoms with Crippen LogP contribution in [0.15, 0.2) is 36.4 Å². The van der Waals surface area contributed by atoms with Crippen molar-refractivity contribution in [1.82, 2.24) is 9.55 Å². The second-order valence-electron chi connectivity index (χ2n) is 5.05. The number of rotatable bonds is 0. The van der Waals surface area contributed by atoms with E-state index in [1.54, 1.807) is 4.57 Å². The topological polar surface area (TPSA) is 34.9 Å². The van der Waals surface area contributed by atoms with Crippen LogP contribution in [-0.4, -0.2) is 15.5 Å². The zero-order chi connectivity index (χ0) is 13.1. The number of carbonyl (C=O) groups is 1. The van der Waals surface area contributed by atoms with E-state index >= 15 is 0 Å². The van der Waals surface area contributed by atoms with Crippen LogP contribution < -0.4 is 0 Å². The lowest BCUT2D eigenvalue weighted by Crippen LogP contribution is -2.05. The van der Waals surface area contributed by atoms with Gasteiger partial charge in [0.15, 0.2) is 0 Å². The van der Waals surface area contributed by atoms with Gasteiger partial charge in [-0.15, -0.1) is 0 Å². The van der Waals surface area contributed by atoms with Crippen LogP contribution in [0.4, 0.5) is 0 Å². The third-order valence-corrected chi connectivity index (χ3v) is 3.87. The lowest BCUT2D eigenvalue weighted by molar-refractivity contribution is 0.0973. The first kappa shape index (κ1) is 10.5. The summed E-state index contributed by atoms with van der Waals surface area (Å²) >= 11 is 0. The van der Waals surface area contributed by atoms with Gasteiger partial charge in [-0.25, -0.2) is 4.98 Å². The van der Waals surface area contributed by atoms with E-state index in [9.17, 15) is 4.79 Å². The summed E-state index contributed by atoms with van der Waals surface area (Å²) in [6.45, 7) is 4.12. The zero-order valence-corrected chi connectivity index (χ0v) is 10.8. The highest BCUT2D eigenvalue weighted by Crippen LogP contribution is 2.35. The molecule has 0 radical (unpaired) electrons. The molecular weight excluding hydrogens is 236 g/mol. The third-order valence-electron chi connectivity index (χ3n) is 3.87. The largest absolute Gasteiger partial charge is 0.268 e. The number of fused-ring (bicyclic) bond motifs is 5. The van der Waals surface area contributed by atoms with E-state index in [0.717, 1.165) is 28.0 Å². The van der Waals surface area contributed by atoms with Crippen molar-refractivity contribution in [3.05, 3.63) is 53.1 Å². The van der Waals surface area contributed by atoms with Crippen molar-refractivity contribution in [2.45, 2.75) is 13.8 Å². The van der Waals surface area contributed by atoms with Gasteiger partial charge in [0.2, 0.25) is 0 Å². The van der Waals surface area contributed by atoms with Gasteiger partial charge in [0, 0.05) is 5.56 Å². The van der Waals surface area contributed by atoms with Crippen molar-refractivity contribution in [1.29, 1.82) is 0 Å².